The van der Waals surface area contributed by atoms with Crippen LogP contribution in [0.25, 0.3) is 5.69 Å². The van der Waals surface area contributed by atoms with Crippen molar-refractivity contribution in [2.24, 2.45) is 0 Å². The highest BCUT2D eigenvalue weighted by atomic mass is 19.1. The van der Waals surface area contributed by atoms with E-state index in [1.807, 2.05) is 18.2 Å². The molecule has 110 valence electrons. The number of hydrogen-bond acceptors (Lipinski definition) is 4. The van der Waals surface area contributed by atoms with Gasteiger partial charge in [-0.25, -0.2) is 4.39 Å². The van der Waals surface area contributed by atoms with Gasteiger partial charge in [-0.3, -0.25) is 4.79 Å². The molecular weight excluding hydrogens is 285 g/mol. The monoisotopic (exact) mass is 297 g/mol. The predicted molar refractivity (Wildman–Crippen MR) is 80.1 cm³/mol. The van der Waals surface area contributed by atoms with Gasteiger partial charge in [-0.1, -0.05) is 29.5 Å². The molecule has 22 heavy (non-hydrogen) atoms. The van der Waals surface area contributed by atoms with E-state index in [0.29, 0.717) is 11.4 Å². The Morgan fingerprint density at radius 2 is 1.91 bits per heavy atom. The van der Waals surface area contributed by atoms with Crippen molar-refractivity contribution in [3.8, 4) is 5.69 Å². The average molecular weight is 297 g/mol. The number of halogens is 1. The molecule has 1 aromatic heterocycles. The number of benzene rings is 2. The normalized spacial score (nSPS) is 10.4. The largest absolute Gasteiger partial charge is 0.382 e. The highest BCUT2D eigenvalue weighted by Gasteiger charge is 2.18. The number of para-hydroxylation sites is 1. The number of carbonyl (C=O) groups is 1. The first-order chi connectivity index (χ1) is 10.6. The topological polar surface area (TPSA) is 85.8 Å². The van der Waals surface area contributed by atoms with Gasteiger partial charge >= 0.3 is 0 Å². The second-order valence-electron chi connectivity index (χ2n) is 4.54. The average Bonchev–Trinajstić information content (AvgIpc) is 2.90. The van der Waals surface area contributed by atoms with Crippen LogP contribution in [-0.4, -0.2) is 20.9 Å². The van der Waals surface area contributed by atoms with Gasteiger partial charge in [0.2, 0.25) is 0 Å². The van der Waals surface area contributed by atoms with E-state index in [1.54, 1.807) is 18.2 Å². The second-order valence-corrected chi connectivity index (χ2v) is 4.54. The summed E-state index contributed by atoms with van der Waals surface area (Å²) in [7, 11) is 0. The minimum Gasteiger partial charge on any atom is -0.382 e. The Labute approximate surface area is 125 Å². The molecule has 3 N–H and O–H groups in total. The molecular formula is C15H12FN5O. The van der Waals surface area contributed by atoms with Crippen LogP contribution in [0.15, 0.2) is 54.6 Å². The Morgan fingerprint density at radius 1 is 1.14 bits per heavy atom. The SMILES string of the molecule is Nc1c(C(=O)Nc2cccc(F)c2)nnn1-c1ccccc1. The zero-order valence-electron chi connectivity index (χ0n) is 11.4. The van der Waals surface area contributed by atoms with E-state index in [4.69, 9.17) is 5.73 Å². The van der Waals surface area contributed by atoms with Gasteiger partial charge in [-0.2, -0.15) is 4.68 Å². The Hall–Kier alpha value is -3.22. The van der Waals surface area contributed by atoms with Crippen molar-refractivity contribution in [2.45, 2.75) is 0 Å². The first-order valence-electron chi connectivity index (χ1n) is 6.48. The summed E-state index contributed by atoms with van der Waals surface area (Å²) in [6, 6.07) is 14.6. The van der Waals surface area contributed by atoms with E-state index in [2.05, 4.69) is 15.6 Å². The van der Waals surface area contributed by atoms with Crippen LogP contribution in [0.3, 0.4) is 0 Å². The van der Waals surface area contributed by atoms with Crippen LogP contribution in [-0.2, 0) is 0 Å². The number of amides is 1. The van der Waals surface area contributed by atoms with Crippen molar-refractivity contribution in [1.29, 1.82) is 0 Å². The lowest BCUT2D eigenvalue weighted by molar-refractivity contribution is 0.102. The standard InChI is InChI=1S/C15H12FN5O/c16-10-5-4-6-11(9-10)18-15(22)13-14(17)21(20-19-13)12-7-2-1-3-8-12/h1-9H,17H2,(H,18,22). The molecule has 2 aromatic carbocycles. The van der Waals surface area contributed by atoms with Crippen molar-refractivity contribution in [3.05, 3.63) is 66.1 Å². The highest BCUT2D eigenvalue weighted by Crippen LogP contribution is 2.16. The highest BCUT2D eigenvalue weighted by molar-refractivity contribution is 6.05. The molecule has 0 saturated heterocycles. The van der Waals surface area contributed by atoms with Gasteiger partial charge in [0.15, 0.2) is 11.5 Å². The van der Waals surface area contributed by atoms with Crippen LogP contribution < -0.4 is 11.1 Å². The molecule has 0 spiro atoms. The molecule has 0 bridgehead atoms. The lowest BCUT2D eigenvalue weighted by atomic mass is 10.3. The molecule has 1 amide bonds. The third kappa shape index (κ3) is 2.64. The zero-order chi connectivity index (χ0) is 15.5. The van der Waals surface area contributed by atoms with Crippen molar-refractivity contribution >= 4 is 17.4 Å². The summed E-state index contributed by atoms with van der Waals surface area (Å²) in [5.41, 5.74) is 6.91. The number of hydrogen-bond donors (Lipinski definition) is 2. The number of aromatic nitrogens is 3. The minimum atomic E-state index is -0.551. The van der Waals surface area contributed by atoms with Crippen LogP contribution in [0, 0.1) is 5.82 Å². The van der Waals surface area contributed by atoms with E-state index in [9.17, 15) is 9.18 Å². The molecule has 0 atom stereocenters. The van der Waals surface area contributed by atoms with Crippen LogP contribution in [0.1, 0.15) is 10.5 Å². The molecule has 3 rings (SSSR count). The molecule has 0 aliphatic carbocycles. The number of rotatable bonds is 3. The summed E-state index contributed by atoms with van der Waals surface area (Å²) in [4.78, 5) is 12.2. The van der Waals surface area contributed by atoms with Gasteiger partial charge in [0.05, 0.1) is 5.69 Å². The molecule has 0 aliphatic heterocycles. The Kier molecular flexibility index (Phi) is 3.53. The Morgan fingerprint density at radius 3 is 2.64 bits per heavy atom. The van der Waals surface area contributed by atoms with Gasteiger partial charge in [-0.05, 0) is 30.3 Å². The maximum Gasteiger partial charge on any atom is 0.280 e. The number of carbonyl (C=O) groups excluding carboxylic acids is 1. The molecule has 0 unspecified atom stereocenters. The summed E-state index contributed by atoms with van der Waals surface area (Å²) in [6.45, 7) is 0. The summed E-state index contributed by atoms with van der Waals surface area (Å²) >= 11 is 0. The molecule has 1 heterocycles. The van der Waals surface area contributed by atoms with Crippen molar-refractivity contribution in [2.75, 3.05) is 11.1 Å². The summed E-state index contributed by atoms with van der Waals surface area (Å²) < 4.78 is 14.5. The lowest BCUT2D eigenvalue weighted by Gasteiger charge is -2.04. The summed E-state index contributed by atoms with van der Waals surface area (Å²) in [5.74, 6) is -0.885. The summed E-state index contributed by atoms with van der Waals surface area (Å²) in [5, 5.41) is 10.2. The molecule has 0 aliphatic rings. The zero-order valence-corrected chi connectivity index (χ0v) is 11.4. The van der Waals surface area contributed by atoms with Crippen molar-refractivity contribution in [1.82, 2.24) is 15.0 Å². The maximum atomic E-state index is 13.1. The predicted octanol–water partition coefficient (Wildman–Crippen LogP) is 2.24. The fourth-order valence-electron chi connectivity index (χ4n) is 1.97. The van der Waals surface area contributed by atoms with Gasteiger partial charge in [-0.15, -0.1) is 5.10 Å². The van der Waals surface area contributed by atoms with Gasteiger partial charge < -0.3 is 11.1 Å². The number of nitrogens with two attached hydrogens (primary N) is 1. The van der Waals surface area contributed by atoms with E-state index >= 15 is 0 Å². The van der Waals surface area contributed by atoms with Crippen LogP contribution >= 0.6 is 0 Å². The number of nitrogens with zero attached hydrogens (tertiary/aromatic N) is 3. The fourth-order valence-corrected chi connectivity index (χ4v) is 1.97. The Bertz CT molecular complexity index is 816. The number of anilines is 2. The molecule has 0 radical (unpaired) electrons. The van der Waals surface area contributed by atoms with Crippen LogP contribution in [0.2, 0.25) is 0 Å². The van der Waals surface area contributed by atoms with Crippen LogP contribution in [0.5, 0.6) is 0 Å². The van der Waals surface area contributed by atoms with E-state index in [0.717, 1.165) is 0 Å². The van der Waals surface area contributed by atoms with Gasteiger partial charge in [0.1, 0.15) is 5.82 Å². The van der Waals surface area contributed by atoms with Gasteiger partial charge in [0, 0.05) is 5.69 Å². The molecule has 0 fully saturated rings. The van der Waals surface area contributed by atoms with Gasteiger partial charge in [0.25, 0.3) is 5.91 Å². The number of nitrogens with one attached hydrogen (secondary N) is 1. The lowest BCUT2D eigenvalue weighted by Crippen LogP contribution is -2.15. The molecule has 0 saturated carbocycles. The molecule has 6 nitrogen and oxygen atoms in total. The quantitative estimate of drug-likeness (QED) is 0.776. The van der Waals surface area contributed by atoms with E-state index in [1.165, 1.54) is 22.9 Å². The maximum absolute atomic E-state index is 13.1. The van der Waals surface area contributed by atoms with Crippen molar-refractivity contribution < 1.29 is 9.18 Å². The van der Waals surface area contributed by atoms with E-state index in [-0.39, 0.29) is 11.5 Å². The first kappa shape index (κ1) is 13.7. The smallest absolute Gasteiger partial charge is 0.280 e. The Balaban J connectivity index is 1.87. The molecule has 7 heteroatoms. The van der Waals surface area contributed by atoms with Crippen LogP contribution in [0.4, 0.5) is 15.9 Å². The minimum absolute atomic E-state index is 0.0203. The summed E-state index contributed by atoms with van der Waals surface area (Å²) in [6.07, 6.45) is 0. The third-order valence-electron chi connectivity index (χ3n) is 3.00. The first-order valence-corrected chi connectivity index (χ1v) is 6.48. The number of nitrogen functional groups attached to an aromatic ring is 1. The molecule has 3 aromatic rings. The third-order valence-corrected chi connectivity index (χ3v) is 3.00. The second kappa shape index (κ2) is 5.65. The van der Waals surface area contributed by atoms with E-state index < -0.39 is 11.7 Å². The van der Waals surface area contributed by atoms with Crippen molar-refractivity contribution in [3.63, 3.8) is 0 Å². The fraction of sp³-hybridized carbons (Fsp3) is 0.